The van der Waals surface area contributed by atoms with Crippen LogP contribution in [0.3, 0.4) is 0 Å². The molecule has 0 radical (unpaired) electrons. The first-order valence-electron chi connectivity index (χ1n) is 4.28. The fraction of sp³-hybridized carbons (Fsp3) is 0.200. The van der Waals surface area contributed by atoms with Gasteiger partial charge in [-0.1, -0.05) is 6.58 Å². The quantitative estimate of drug-likeness (QED) is 0.673. The number of pyridine rings is 1. The summed E-state index contributed by atoms with van der Waals surface area (Å²) in [5.74, 6) is 0.627. The van der Waals surface area contributed by atoms with E-state index in [-0.39, 0.29) is 5.91 Å². The van der Waals surface area contributed by atoms with Gasteiger partial charge in [-0.15, -0.1) is 0 Å². The number of hydrogen-bond acceptors (Lipinski definition) is 3. The Labute approximate surface area is 82.3 Å². The van der Waals surface area contributed by atoms with Crippen LogP contribution in [0.5, 0.6) is 0 Å². The van der Waals surface area contributed by atoms with E-state index >= 15 is 0 Å². The van der Waals surface area contributed by atoms with Crippen molar-refractivity contribution in [1.29, 1.82) is 0 Å². The first kappa shape index (κ1) is 8.74. The molecule has 2 heterocycles. The molecule has 0 saturated carbocycles. The second-order valence-corrected chi connectivity index (χ2v) is 3.38. The number of rotatable bonds is 1. The predicted molar refractivity (Wildman–Crippen MR) is 56.2 cm³/mol. The van der Waals surface area contributed by atoms with Gasteiger partial charge in [0.2, 0.25) is 0 Å². The summed E-state index contributed by atoms with van der Waals surface area (Å²) < 4.78 is 0. The normalized spacial score (nSPS) is 13.9. The minimum absolute atomic E-state index is 0.142. The highest BCUT2D eigenvalue weighted by molar-refractivity contribution is 6.32. The third kappa shape index (κ3) is 1.08. The van der Waals surface area contributed by atoms with Crippen molar-refractivity contribution in [3.05, 3.63) is 24.4 Å². The maximum atomic E-state index is 11.3. The Hall–Kier alpha value is -1.84. The summed E-state index contributed by atoms with van der Waals surface area (Å²) in [5, 5.41) is 2.74. The van der Waals surface area contributed by atoms with Crippen LogP contribution in [0, 0.1) is 0 Å². The van der Waals surface area contributed by atoms with E-state index in [1.807, 2.05) is 19.0 Å². The molecule has 14 heavy (non-hydrogen) atoms. The van der Waals surface area contributed by atoms with Crippen LogP contribution >= 0.6 is 0 Å². The molecule has 1 amide bonds. The smallest absolute Gasteiger partial charge is 0.255 e. The molecule has 0 spiro atoms. The van der Waals surface area contributed by atoms with E-state index < -0.39 is 0 Å². The van der Waals surface area contributed by atoms with E-state index in [1.165, 1.54) is 0 Å². The molecule has 1 aliphatic heterocycles. The predicted octanol–water partition coefficient (Wildman–Crippen LogP) is 1.11. The summed E-state index contributed by atoms with van der Waals surface area (Å²) in [6, 6.07) is 1.78. The molecule has 0 aromatic carbocycles. The fourth-order valence-electron chi connectivity index (χ4n) is 1.50. The average molecular weight is 189 g/mol. The second kappa shape index (κ2) is 2.83. The van der Waals surface area contributed by atoms with Gasteiger partial charge in [-0.05, 0) is 6.07 Å². The number of aromatic nitrogens is 1. The van der Waals surface area contributed by atoms with Crippen LogP contribution in [-0.4, -0.2) is 25.0 Å². The summed E-state index contributed by atoms with van der Waals surface area (Å²) in [7, 11) is 3.78. The Morgan fingerprint density at radius 2 is 2.21 bits per heavy atom. The largest absolute Gasteiger partial charge is 0.362 e. The lowest BCUT2D eigenvalue weighted by Crippen LogP contribution is -2.12. The van der Waals surface area contributed by atoms with Crippen molar-refractivity contribution in [2.75, 3.05) is 24.3 Å². The third-order valence-electron chi connectivity index (χ3n) is 2.18. The monoisotopic (exact) mass is 189 g/mol. The van der Waals surface area contributed by atoms with Crippen molar-refractivity contribution in [3.8, 4) is 0 Å². The minimum Gasteiger partial charge on any atom is -0.362 e. The first-order chi connectivity index (χ1) is 6.61. The SMILES string of the molecule is C=C1C(=O)Nc2ccnc(N(C)C)c21. The maximum absolute atomic E-state index is 11.3. The lowest BCUT2D eigenvalue weighted by molar-refractivity contribution is -0.110. The van der Waals surface area contributed by atoms with Crippen LogP contribution in [0.4, 0.5) is 11.5 Å². The van der Waals surface area contributed by atoms with Crippen LogP contribution in [-0.2, 0) is 4.79 Å². The number of nitrogens with zero attached hydrogens (tertiary/aromatic N) is 2. The zero-order valence-electron chi connectivity index (χ0n) is 8.16. The van der Waals surface area contributed by atoms with Crippen LogP contribution in [0.15, 0.2) is 18.8 Å². The highest BCUT2D eigenvalue weighted by Gasteiger charge is 2.26. The van der Waals surface area contributed by atoms with Gasteiger partial charge in [-0.3, -0.25) is 4.79 Å². The van der Waals surface area contributed by atoms with Gasteiger partial charge in [-0.25, -0.2) is 4.98 Å². The summed E-state index contributed by atoms with van der Waals surface area (Å²) in [5.41, 5.74) is 2.08. The molecule has 0 atom stereocenters. The molecule has 0 bridgehead atoms. The second-order valence-electron chi connectivity index (χ2n) is 3.38. The van der Waals surface area contributed by atoms with Crippen LogP contribution in [0.2, 0.25) is 0 Å². The van der Waals surface area contributed by atoms with Crippen LogP contribution < -0.4 is 10.2 Å². The van der Waals surface area contributed by atoms with Crippen molar-refractivity contribution in [2.24, 2.45) is 0 Å². The Kier molecular flexibility index (Phi) is 1.77. The zero-order valence-corrected chi connectivity index (χ0v) is 8.16. The van der Waals surface area contributed by atoms with Gasteiger partial charge in [0.15, 0.2) is 0 Å². The molecule has 0 aliphatic carbocycles. The van der Waals surface area contributed by atoms with Crippen molar-refractivity contribution < 1.29 is 4.79 Å². The first-order valence-corrected chi connectivity index (χ1v) is 4.28. The lowest BCUT2D eigenvalue weighted by Gasteiger charge is -2.14. The number of nitrogens with one attached hydrogen (secondary N) is 1. The average Bonchev–Trinajstić information content (AvgIpc) is 2.43. The lowest BCUT2D eigenvalue weighted by atomic mass is 10.1. The number of amides is 1. The summed E-state index contributed by atoms with van der Waals surface area (Å²) in [6.07, 6.45) is 1.67. The molecular weight excluding hydrogens is 178 g/mol. The zero-order chi connectivity index (χ0) is 10.3. The standard InChI is InChI=1S/C10H11N3O/c1-6-8-7(12-10(6)14)4-5-11-9(8)13(2)3/h4-5H,1H2,2-3H3,(H,12,14). The molecule has 2 rings (SSSR count). The Morgan fingerprint density at radius 1 is 1.50 bits per heavy atom. The van der Waals surface area contributed by atoms with Gasteiger partial charge in [-0.2, -0.15) is 0 Å². The van der Waals surface area contributed by atoms with Gasteiger partial charge in [0.25, 0.3) is 5.91 Å². The van der Waals surface area contributed by atoms with Gasteiger partial charge in [0.05, 0.1) is 11.3 Å². The van der Waals surface area contributed by atoms with Gasteiger partial charge in [0, 0.05) is 25.9 Å². The number of anilines is 2. The number of hydrogen-bond donors (Lipinski definition) is 1. The van der Waals surface area contributed by atoms with Crippen molar-refractivity contribution in [3.63, 3.8) is 0 Å². The molecule has 72 valence electrons. The summed E-state index contributed by atoms with van der Waals surface area (Å²) in [4.78, 5) is 17.4. The van der Waals surface area contributed by atoms with Gasteiger partial charge in [0.1, 0.15) is 5.82 Å². The van der Waals surface area contributed by atoms with E-state index in [4.69, 9.17) is 0 Å². The topological polar surface area (TPSA) is 45.2 Å². The number of fused-ring (bicyclic) bond motifs is 1. The highest BCUT2D eigenvalue weighted by atomic mass is 16.2. The molecule has 1 aromatic heterocycles. The van der Waals surface area contributed by atoms with Gasteiger partial charge < -0.3 is 10.2 Å². The van der Waals surface area contributed by atoms with Crippen molar-refractivity contribution in [2.45, 2.75) is 0 Å². The van der Waals surface area contributed by atoms with Crippen LogP contribution in [0.25, 0.3) is 5.57 Å². The number of carbonyl (C=O) groups is 1. The van der Waals surface area contributed by atoms with Crippen LogP contribution in [0.1, 0.15) is 5.56 Å². The molecule has 4 nitrogen and oxygen atoms in total. The minimum atomic E-state index is -0.142. The van der Waals surface area contributed by atoms with E-state index in [0.717, 1.165) is 17.1 Å². The van der Waals surface area contributed by atoms with Crippen molar-refractivity contribution >= 4 is 23.0 Å². The highest BCUT2D eigenvalue weighted by Crippen LogP contribution is 2.35. The van der Waals surface area contributed by atoms with E-state index in [2.05, 4.69) is 16.9 Å². The van der Waals surface area contributed by atoms with Gasteiger partial charge >= 0.3 is 0 Å². The molecule has 1 aromatic rings. The maximum Gasteiger partial charge on any atom is 0.255 e. The molecule has 0 saturated heterocycles. The molecule has 0 unspecified atom stereocenters. The Balaban J connectivity index is 2.64. The third-order valence-corrected chi connectivity index (χ3v) is 2.18. The molecule has 1 aliphatic rings. The molecular formula is C10H11N3O. The molecule has 4 heteroatoms. The molecule has 0 fully saturated rings. The Morgan fingerprint density at radius 3 is 2.86 bits per heavy atom. The van der Waals surface area contributed by atoms with E-state index in [9.17, 15) is 4.79 Å². The fourth-order valence-corrected chi connectivity index (χ4v) is 1.50. The number of carbonyl (C=O) groups excluding carboxylic acids is 1. The Bertz CT molecular complexity index is 423. The van der Waals surface area contributed by atoms with E-state index in [1.54, 1.807) is 12.3 Å². The summed E-state index contributed by atoms with van der Waals surface area (Å²) in [6.45, 7) is 3.74. The van der Waals surface area contributed by atoms with Crippen molar-refractivity contribution in [1.82, 2.24) is 4.98 Å². The summed E-state index contributed by atoms with van der Waals surface area (Å²) >= 11 is 0. The molecule has 1 N–H and O–H groups in total. The van der Waals surface area contributed by atoms with E-state index in [0.29, 0.717) is 5.57 Å².